The number of carbonyl (C=O) groups excluding carboxylic acids is 1. The Morgan fingerprint density at radius 2 is 1.92 bits per heavy atom. The number of hydrogen-bond acceptors (Lipinski definition) is 8. The summed E-state index contributed by atoms with van der Waals surface area (Å²) in [5, 5.41) is 13.3. The molecule has 0 radical (unpaired) electrons. The average molecular weight is 512 g/mol. The number of carboxylic acid groups (broad SMARTS) is 1. The van der Waals surface area contributed by atoms with Gasteiger partial charge >= 0.3 is 11.9 Å². The predicted molar refractivity (Wildman–Crippen MR) is 135 cm³/mol. The van der Waals surface area contributed by atoms with Gasteiger partial charge in [-0.15, -0.1) is 0 Å². The highest BCUT2D eigenvalue weighted by molar-refractivity contribution is 6.29. The number of carboxylic acids is 1. The van der Waals surface area contributed by atoms with Crippen LogP contribution in [0.2, 0.25) is 5.15 Å². The first-order valence-electron chi connectivity index (χ1n) is 11.6. The van der Waals surface area contributed by atoms with Gasteiger partial charge in [0.1, 0.15) is 5.15 Å². The number of aromatic carboxylic acids is 1. The molecule has 11 heteroatoms. The number of methoxy groups -OCH3 is 1. The van der Waals surface area contributed by atoms with Crippen molar-refractivity contribution in [1.82, 2.24) is 14.5 Å². The lowest BCUT2D eigenvalue weighted by Crippen LogP contribution is -2.33. The molecule has 36 heavy (non-hydrogen) atoms. The molecule has 10 nitrogen and oxygen atoms in total. The summed E-state index contributed by atoms with van der Waals surface area (Å²) in [5.74, 6) is -0.513. The molecule has 1 aliphatic carbocycles. The van der Waals surface area contributed by atoms with Crippen molar-refractivity contribution in [3.05, 3.63) is 56.6 Å². The third-order valence-corrected chi connectivity index (χ3v) is 7.39. The molecule has 0 amide bonds. The molecule has 3 atom stereocenters. The molecule has 1 saturated carbocycles. The third kappa shape index (κ3) is 3.95. The van der Waals surface area contributed by atoms with Gasteiger partial charge < -0.3 is 20.1 Å². The highest BCUT2D eigenvalue weighted by Gasteiger charge is 2.60. The number of ether oxygens (including phenoxy) is 1. The van der Waals surface area contributed by atoms with Crippen LogP contribution in [-0.4, -0.2) is 51.8 Å². The van der Waals surface area contributed by atoms with Gasteiger partial charge in [-0.05, 0) is 49.4 Å². The summed E-state index contributed by atoms with van der Waals surface area (Å²) in [5.41, 5.74) is 2.14. The van der Waals surface area contributed by atoms with Crippen molar-refractivity contribution in [1.29, 1.82) is 0 Å². The van der Waals surface area contributed by atoms with Gasteiger partial charge in [-0.25, -0.2) is 14.8 Å². The van der Waals surface area contributed by atoms with Crippen LogP contribution >= 0.6 is 11.6 Å². The Bertz CT molecular complexity index is 1460. The SMILES string of the molecule is COC(=O)C1C2CN(c3nc4c(C(C)Nc5ccc(Cl)nc5C(=O)O)cc(C)cc4c(=O)n3C)CC21. The van der Waals surface area contributed by atoms with E-state index in [4.69, 9.17) is 21.3 Å². The molecule has 2 aromatic heterocycles. The van der Waals surface area contributed by atoms with Gasteiger partial charge in [0.2, 0.25) is 5.95 Å². The smallest absolute Gasteiger partial charge is 0.356 e. The van der Waals surface area contributed by atoms with Crippen LogP contribution in [0, 0.1) is 24.7 Å². The predicted octanol–water partition coefficient (Wildman–Crippen LogP) is 3.02. The van der Waals surface area contributed by atoms with Gasteiger partial charge in [-0.3, -0.25) is 14.2 Å². The number of rotatable bonds is 6. The van der Waals surface area contributed by atoms with Crippen LogP contribution in [0.5, 0.6) is 0 Å². The quantitative estimate of drug-likeness (QED) is 0.379. The number of benzene rings is 1. The lowest BCUT2D eigenvalue weighted by Gasteiger charge is -2.24. The maximum absolute atomic E-state index is 13.4. The highest BCUT2D eigenvalue weighted by atomic mass is 35.5. The summed E-state index contributed by atoms with van der Waals surface area (Å²) < 4.78 is 6.45. The van der Waals surface area contributed by atoms with Crippen molar-refractivity contribution >= 4 is 46.1 Å². The van der Waals surface area contributed by atoms with Crippen molar-refractivity contribution in [2.24, 2.45) is 24.8 Å². The molecule has 2 aliphatic rings. The Balaban J connectivity index is 1.52. The van der Waals surface area contributed by atoms with Gasteiger partial charge in [-0.1, -0.05) is 17.7 Å². The van der Waals surface area contributed by atoms with Crippen molar-refractivity contribution in [2.45, 2.75) is 19.9 Å². The zero-order valence-electron chi connectivity index (χ0n) is 20.3. The van der Waals surface area contributed by atoms with E-state index < -0.39 is 12.0 Å². The molecule has 2 N–H and O–H groups in total. The van der Waals surface area contributed by atoms with Crippen LogP contribution in [-0.2, 0) is 16.6 Å². The van der Waals surface area contributed by atoms with Crippen LogP contribution in [0.1, 0.15) is 34.6 Å². The third-order valence-electron chi connectivity index (χ3n) is 7.18. The fourth-order valence-corrected chi connectivity index (χ4v) is 5.50. The van der Waals surface area contributed by atoms with Gasteiger partial charge in [0.25, 0.3) is 5.56 Å². The fraction of sp³-hybridized carbons (Fsp3) is 0.400. The molecule has 2 fully saturated rings. The topological polar surface area (TPSA) is 127 Å². The van der Waals surface area contributed by atoms with Crippen molar-refractivity contribution in [3.63, 3.8) is 0 Å². The van der Waals surface area contributed by atoms with E-state index in [0.717, 1.165) is 11.1 Å². The van der Waals surface area contributed by atoms with E-state index in [1.165, 1.54) is 13.2 Å². The van der Waals surface area contributed by atoms with Crippen LogP contribution < -0.4 is 15.8 Å². The minimum atomic E-state index is -1.20. The number of fused-ring (bicyclic) bond motifs is 2. The zero-order valence-corrected chi connectivity index (χ0v) is 21.0. The first-order chi connectivity index (χ1) is 17.1. The largest absolute Gasteiger partial charge is 0.476 e. The van der Waals surface area contributed by atoms with Gasteiger partial charge in [0, 0.05) is 25.7 Å². The van der Waals surface area contributed by atoms with Crippen molar-refractivity contribution in [3.8, 4) is 0 Å². The second kappa shape index (κ2) is 8.77. The molecule has 1 saturated heterocycles. The minimum absolute atomic E-state index is 0.0809. The summed E-state index contributed by atoms with van der Waals surface area (Å²) in [6.45, 7) is 5.03. The Morgan fingerprint density at radius 1 is 1.22 bits per heavy atom. The second-order valence-corrected chi connectivity index (χ2v) is 9.90. The summed E-state index contributed by atoms with van der Waals surface area (Å²) in [6.07, 6.45) is 0. The van der Waals surface area contributed by atoms with Crippen LogP contribution in [0.25, 0.3) is 10.9 Å². The minimum Gasteiger partial charge on any atom is -0.476 e. The standard InChI is InChI=1S/C25H26ClN5O5/c1-11-7-13(12(2)27-17-5-6-18(26)28-21(17)23(33)34)20-14(8-11)22(32)30(3)25(29-20)31-9-15-16(10-31)19(15)24(35)36-4/h5-8,12,15-16,19,27H,9-10H2,1-4H3,(H,33,34). The van der Waals surface area contributed by atoms with E-state index in [-0.39, 0.29) is 40.1 Å². The average Bonchev–Trinajstić information content (AvgIpc) is 3.34. The molecule has 0 bridgehead atoms. The van der Waals surface area contributed by atoms with E-state index in [2.05, 4.69) is 10.3 Å². The van der Waals surface area contributed by atoms with Crippen molar-refractivity contribution in [2.75, 3.05) is 30.4 Å². The molecule has 3 heterocycles. The number of carbonyl (C=O) groups is 2. The number of nitrogens with one attached hydrogen (secondary N) is 1. The van der Waals surface area contributed by atoms with E-state index in [9.17, 15) is 19.5 Å². The Morgan fingerprint density at radius 3 is 2.56 bits per heavy atom. The van der Waals surface area contributed by atoms with Crippen LogP contribution in [0.3, 0.4) is 0 Å². The fourth-order valence-electron chi connectivity index (χ4n) is 5.36. The molecule has 3 aromatic rings. The summed E-state index contributed by atoms with van der Waals surface area (Å²) in [7, 11) is 3.11. The first-order valence-corrected chi connectivity index (χ1v) is 12.0. The number of hydrogen-bond donors (Lipinski definition) is 2. The lowest BCUT2D eigenvalue weighted by atomic mass is 10.0. The summed E-state index contributed by atoms with van der Waals surface area (Å²) in [6, 6.07) is 6.45. The van der Waals surface area contributed by atoms with Crippen molar-refractivity contribution < 1.29 is 19.4 Å². The van der Waals surface area contributed by atoms with Gasteiger partial charge in [-0.2, -0.15) is 0 Å². The molecule has 0 spiro atoms. The number of aromatic nitrogens is 3. The Hall–Kier alpha value is -3.66. The van der Waals surface area contributed by atoms with E-state index in [1.807, 2.05) is 30.9 Å². The number of nitrogens with zero attached hydrogens (tertiary/aromatic N) is 4. The number of pyridine rings is 1. The van der Waals surface area contributed by atoms with Gasteiger partial charge in [0.05, 0.1) is 35.7 Å². The van der Waals surface area contributed by atoms with E-state index in [0.29, 0.717) is 35.6 Å². The molecule has 3 unspecified atom stereocenters. The molecule has 1 aromatic carbocycles. The zero-order chi connectivity index (χ0) is 25.9. The summed E-state index contributed by atoms with van der Waals surface area (Å²) in [4.78, 5) is 47.9. The molecule has 5 rings (SSSR count). The molecule has 188 valence electrons. The van der Waals surface area contributed by atoms with Crippen LogP contribution in [0.4, 0.5) is 11.6 Å². The van der Waals surface area contributed by atoms with E-state index in [1.54, 1.807) is 17.7 Å². The van der Waals surface area contributed by atoms with Crippen LogP contribution in [0.15, 0.2) is 29.1 Å². The molecular formula is C25H26ClN5O5. The Labute approximate surface area is 211 Å². The monoisotopic (exact) mass is 511 g/mol. The molecular weight excluding hydrogens is 486 g/mol. The highest BCUT2D eigenvalue weighted by Crippen LogP contribution is 2.52. The first kappa shape index (κ1) is 24.1. The normalized spacial score (nSPS) is 21.2. The molecule has 1 aliphatic heterocycles. The van der Waals surface area contributed by atoms with Gasteiger partial charge in [0.15, 0.2) is 5.69 Å². The lowest BCUT2D eigenvalue weighted by molar-refractivity contribution is -0.142. The number of anilines is 2. The summed E-state index contributed by atoms with van der Waals surface area (Å²) >= 11 is 5.89. The number of aryl methyl sites for hydroxylation is 1. The maximum atomic E-state index is 13.4. The number of piperidine rings is 1. The van der Waals surface area contributed by atoms with E-state index >= 15 is 0 Å². The Kier molecular flexibility index (Phi) is 5.86. The maximum Gasteiger partial charge on any atom is 0.356 e. The number of esters is 1. The second-order valence-electron chi connectivity index (χ2n) is 9.51. The number of halogens is 1.